The van der Waals surface area contributed by atoms with Gasteiger partial charge in [-0.2, -0.15) is 0 Å². The van der Waals surface area contributed by atoms with Crippen molar-refractivity contribution < 1.29 is 19.8 Å². The number of aliphatic carboxylic acids is 1. The highest BCUT2D eigenvalue weighted by atomic mass is 16.4. The molecule has 0 spiro atoms. The maximum atomic E-state index is 11.2. The lowest BCUT2D eigenvalue weighted by Crippen LogP contribution is -2.43. The molecule has 5 N–H and O–H groups in total. The largest absolute Gasteiger partial charge is 0.481 e. The highest BCUT2D eigenvalue weighted by Crippen LogP contribution is 1.98. The van der Waals surface area contributed by atoms with E-state index in [4.69, 9.17) is 15.9 Å². The van der Waals surface area contributed by atoms with Crippen LogP contribution in [0.5, 0.6) is 0 Å². The predicted molar refractivity (Wildman–Crippen MR) is 54.1 cm³/mol. The number of aliphatic hydroxyl groups is 1. The second-order valence-corrected chi connectivity index (χ2v) is 3.57. The fourth-order valence-electron chi connectivity index (χ4n) is 1.01. The molecule has 2 atom stereocenters. The van der Waals surface area contributed by atoms with Crippen molar-refractivity contribution in [1.82, 2.24) is 5.32 Å². The number of carbonyl (C=O) groups excluding carboxylic acids is 1. The number of nitrogens with two attached hydrogens (primary N) is 1. The first-order valence-electron chi connectivity index (χ1n) is 4.83. The zero-order valence-corrected chi connectivity index (χ0v) is 8.77. The summed E-state index contributed by atoms with van der Waals surface area (Å²) >= 11 is 0. The van der Waals surface area contributed by atoms with Crippen LogP contribution in [0.1, 0.15) is 19.8 Å². The molecule has 2 unspecified atom stereocenters. The number of carboxylic acid groups (broad SMARTS) is 1. The molecule has 0 aliphatic carbocycles. The van der Waals surface area contributed by atoms with Crippen molar-refractivity contribution in [2.45, 2.75) is 25.8 Å². The Morgan fingerprint density at radius 1 is 1.47 bits per heavy atom. The first kappa shape index (κ1) is 13.9. The van der Waals surface area contributed by atoms with Crippen LogP contribution in [0.15, 0.2) is 0 Å². The molecular formula is C9H18N2O4. The van der Waals surface area contributed by atoms with Crippen LogP contribution in [0, 0.1) is 5.92 Å². The monoisotopic (exact) mass is 218 g/mol. The zero-order valence-electron chi connectivity index (χ0n) is 8.77. The first-order chi connectivity index (χ1) is 6.97. The molecule has 88 valence electrons. The molecule has 0 rings (SSSR count). The van der Waals surface area contributed by atoms with Crippen LogP contribution in [0.3, 0.4) is 0 Å². The van der Waals surface area contributed by atoms with Gasteiger partial charge in [-0.1, -0.05) is 6.92 Å². The summed E-state index contributed by atoms with van der Waals surface area (Å²) in [6.07, 6.45) is 0.217. The Bertz CT molecular complexity index is 220. The smallest absolute Gasteiger partial charge is 0.305 e. The molecule has 0 aromatic carbocycles. The number of amides is 1. The van der Waals surface area contributed by atoms with Crippen molar-refractivity contribution in [1.29, 1.82) is 0 Å². The van der Waals surface area contributed by atoms with Crippen molar-refractivity contribution in [3.8, 4) is 0 Å². The molecule has 6 heteroatoms. The lowest BCUT2D eigenvalue weighted by atomic mass is 10.1. The van der Waals surface area contributed by atoms with Gasteiger partial charge in [0.25, 0.3) is 0 Å². The number of rotatable bonds is 7. The Kier molecular flexibility index (Phi) is 6.64. The van der Waals surface area contributed by atoms with Crippen molar-refractivity contribution in [3.63, 3.8) is 0 Å². The topological polar surface area (TPSA) is 113 Å². The molecule has 0 radical (unpaired) electrons. The summed E-state index contributed by atoms with van der Waals surface area (Å²) < 4.78 is 0. The SMILES string of the molecule is CC(CCO)CNC(=O)C(N)CC(=O)O. The second-order valence-electron chi connectivity index (χ2n) is 3.57. The van der Waals surface area contributed by atoms with Gasteiger partial charge in [0.15, 0.2) is 0 Å². The number of hydrogen-bond acceptors (Lipinski definition) is 4. The van der Waals surface area contributed by atoms with E-state index in [2.05, 4.69) is 5.32 Å². The molecule has 0 aromatic rings. The lowest BCUT2D eigenvalue weighted by molar-refractivity contribution is -0.139. The average molecular weight is 218 g/mol. The third-order valence-corrected chi connectivity index (χ3v) is 1.98. The van der Waals surface area contributed by atoms with Crippen LogP contribution >= 0.6 is 0 Å². The van der Waals surface area contributed by atoms with E-state index in [1.165, 1.54) is 0 Å². The zero-order chi connectivity index (χ0) is 11.8. The van der Waals surface area contributed by atoms with Crippen molar-refractivity contribution in [3.05, 3.63) is 0 Å². The summed E-state index contributed by atoms with van der Waals surface area (Å²) in [4.78, 5) is 21.5. The minimum absolute atomic E-state index is 0.0677. The minimum atomic E-state index is -1.10. The van der Waals surface area contributed by atoms with E-state index in [1.807, 2.05) is 6.92 Å². The standard InChI is InChI=1S/C9H18N2O4/c1-6(2-3-12)5-11-9(15)7(10)4-8(13)14/h6-7,12H,2-5,10H2,1H3,(H,11,15)(H,13,14). The van der Waals surface area contributed by atoms with Gasteiger partial charge >= 0.3 is 5.97 Å². The van der Waals surface area contributed by atoms with E-state index in [0.717, 1.165) is 0 Å². The van der Waals surface area contributed by atoms with E-state index in [9.17, 15) is 9.59 Å². The summed E-state index contributed by atoms with van der Waals surface area (Å²) in [5, 5.41) is 19.6. The summed E-state index contributed by atoms with van der Waals surface area (Å²) in [6, 6.07) is -1.01. The van der Waals surface area contributed by atoms with Crippen molar-refractivity contribution in [2.24, 2.45) is 11.7 Å². The molecule has 0 fully saturated rings. The van der Waals surface area contributed by atoms with Crippen LogP contribution < -0.4 is 11.1 Å². The molecule has 15 heavy (non-hydrogen) atoms. The fraction of sp³-hybridized carbons (Fsp3) is 0.778. The van der Waals surface area contributed by atoms with Gasteiger partial charge in [-0.3, -0.25) is 9.59 Å². The molecule has 0 bridgehead atoms. The number of aliphatic hydroxyl groups excluding tert-OH is 1. The van der Waals surface area contributed by atoms with Gasteiger partial charge < -0.3 is 21.3 Å². The quantitative estimate of drug-likeness (QED) is 0.434. The first-order valence-corrected chi connectivity index (χ1v) is 4.83. The molecule has 0 aromatic heterocycles. The maximum Gasteiger partial charge on any atom is 0.305 e. The molecule has 1 amide bonds. The second kappa shape index (κ2) is 7.19. The average Bonchev–Trinajstić information content (AvgIpc) is 2.13. The highest BCUT2D eigenvalue weighted by molar-refractivity contribution is 5.85. The van der Waals surface area contributed by atoms with Gasteiger partial charge in [0, 0.05) is 13.2 Å². The normalized spacial score (nSPS) is 14.3. The van der Waals surface area contributed by atoms with E-state index in [1.54, 1.807) is 0 Å². The Morgan fingerprint density at radius 2 is 2.07 bits per heavy atom. The van der Waals surface area contributed by atoms with Crippen LogP contribution in [0.25, 0.3) is 0 Å². The van der Waals surface area contributed by atoms with Gasteiger partial charge in [0.2, 0.25) is 5.91 Å². The Morgan fingerprint density at radius 3 is 2.53 bits per heavy atom. The number of hydrogen-bond donors (Lipinski definition) is 4. The Balaban J connectivity index is 3.77. The fourth-order valence-corrected chi connectivity index (χ4v) is 1.01. The highest BCUT2D eigenvalue weighted by Gasteiger charge is 2.16. The van der Waals surface area contributed by atoms with Crippen molar-refractivity contribution >= 4 is 11.9 Å². The van der Waals surface area contributed by atoms with Gasteiger partial charge in [-0.05, 0) is 12.3 Å². The molecule has 0 heterocycles. The summed E-state index contributed by atoms with van der Waals surface area (Å²) in [6.45, 7) is 2.34. The van der Waals surface area contributed by atoms with Gasteiger partial charge in [-0.15, -0.1) is 0 Å². The van der Waals surface area contributed by atoms with Gasteiger partial charge in [-0.25, -0.2) is 0 Å². The minimum Gasteiger partial charge on any atom is -0.481 e. The summed E-state index contributed by atoms with van der Waals surface area (Å²) in [5.41, 5.74) is 5.34. The molecule has 0 saturated heterocycles. The third-order valence-electron chi connectivity index (χ3n) is 1.98. The number of nitrogens with one attached hydrogen (secondary N) is 1. The number of carbonyl (C=O) groups is 2. The Labute approximate surface area is 88.5 Å². The van der Waals surface area contributed by atoms with Crippen molar-refractivity contribution in [2.75, 3.05) is 13.2 Å². The molecule has 0 aliphatic heterocycles. The summed E-state index contributed by atoms with van der Waals surface area (Å²) in [5.74, 6) is -1.42. The molecule has 6 nitrogen and oxygen atoms in total. The third kappa shape index (κ3) is 6.87. The van der Waals surface area contributed by atoms with Gasteiger partial charge in [0.05, 0.1) is 12.5 Å². The van der Waals surface area contributed by atoms with E-state index >= 15 is 0 Å². The van der Waals surface area contributed by atoms with Gasteiger partial charge in [0.1, 0.15) is 0 Å². The van der Waals surface area contributed by atoms with Crippen LogP contribution in [0.4, 0.5) is 0 Å². The lowest BCUT2D eigenvalue weighted by Gasteiger charge is -2.13. The molecular weight excluding hydrogens is 200 g/mol. The van der Waals surface area contributed by atoms with E-state index in [-0.39, 0.29) is 18.9 Å². The van der Waals surface area contributed by atoms with Crippen LogP contribution in [0.2, 0.25) is 0 Å². The molecule has 0 aliphatic rings. The summed E-state index contributed by atoms with van der Waals surface area (Å²) in [7, 11) is 0. The van der Waals surface area contributed by atoms with Crippen LogP contribution in [-0.4, -0.2) is 41.3 Å². The Hall–Kier alpha value is -1.14. The van der Waals surface area contributed by atoms with E-state index < -0.39 is 17.9 Å². The maximum absolute atomic E-state index is 11.2. The van der Waals surface area contributed by atoms with E-state index in [0.29, 0.717) is 13.0 Å². The molecule has 0 saturated carbocycles. The number of carboxylic acids is 1. The predicted octanol–water partition coefficient (Wildman–Crippen LogP) is -1.08. The van der Waals surface area contributed by atoms with Crippen LogP contribution in [-0.2, 0) is 9.59 Å².